The van der Waals surface area contributed by atoms with Crippen LogP contribution in [0.15, 0.2) is 41.9 Å². The Bertz CT molecular complexity index is 585. The van der Waals surface area contributed by atoms with Gasteiger partial charge in [-0.2, -0.15) is 0 Å². The van der Waals surface area contributed by atoms with E-state index in [1.165, 1.54) is 11.3 Å². The van der Waals surface area contributed by atoms with Crippen LogP contribution in [-0.4, -0.2) is 28.9 Å². The molecular weight excluding hydrogens is 294 g/mol. The first-order chi connectivity index (χ1) is 10.8. The third-order valence-corrected chi connectivity index (χ3v) is 4.91. The zero-order chi connectivity index (χ0) is 15.2. The number of aromatic nitrogens is 1. The zero-order valence-corrected chi connectivity index (χ0v) is 13.4. The molecule has 0 radical (unpaired) electrons. The molecule has 1 aliphatic rings. The summed E-state index contributed by atoms with van der Waals surface area (Å²) >= 11 is 1.67. The van der Waals surface area contributed by atoms with Gasteiger partial charge in [0.15, 0.2) is 0 Å². The summed E-state index contributed by atoms with van der Waals surface area (Å²) in [4.78, 5) is 20.1. The van der Waals surface area contributed by atoms with Crippen molar-refractivity contribution in [2.24, 2.45) is 0 Å². The number of likely N-dealkylation sites (tertiary alicyclic amines) is 1. The lowest BCUT2D eigenvalue weighted by atomic mass is 9.99. The minimum Gasteiger partial charge on any atom is -0.350 e. The predicted molar refractivity (Wildman–Crippen MR) is 88.6 cm³/mol. The van der Waals surface area contributed by atoms with Gasteiger partial charge in [0.25, 0.3) is 0 Å². The monoisotopic (exact) mass is 315 g/mol. The van der Waals surface area contributed by atoms with Gasteiger partial charge in [0.2, 0.25) is 5.91 Å². The first-order valence-electron chi connectivity index (χ1n) is 7.77. The number of hydrogen-bond donors (Lipinski definition) is 1. The summed E-state index contributed by atoms with van der Waals surface area (Å²) < 4.78 is 0. The molecule has 1 atom stereocenters. The average molecular weight is 315 g/mol. The van der Waals surface area contributed by atoms with Crippen LogP contribution in [0.25, 0.3) is 0 Å². The van der Waals surface area contributed by atoms with Crippen molar-refractivity contribution in [2.45, 2.75) is 31.8 Å². The van der Waals surface area contributed by atoms with Gasteiger partial charge in [0, 0.05) is 11.1 Å². The molecule has 1 amide bonds. The summed E-state index contributed by atoms with van der Waals surface area (Å²) in [7, 11) is 0. The summed E-state index contributed by atoms with van der Waals surface area (Å²) in [5.41, 5.74) is 1.08. The molecule has 0 saturated carbocycles. The molecule has 2 aromatic heterocycles. The summed E-state index contributed by atoms with van der Waals surface area (Å²) in [6.45, 7) is 2.04. The summed E-state index contributed by atoms with van der Waals surface area (Å²) in [5.74, 6) is 0.0937. The van der Waals surface area contributed by atoms with Crippen LogP contribution in [0.2, 0.25) is 0 Å². The second-order valence-corrected chi connectivity index (χ2v) is 6.62. The molecular formula is C17H21N3OS. The van der Waals surface area contributed by atoms with Crippen molar-refractivity contribution in [1.82, 2.24) is 15.2 Å². The molecule has 1 aliphatic heterocycles. The van der Waals surface area contributed by atoms with Crippen molar-refractivity contribution < 1.29 is 4.79 Å². The molecule has 0 bridgehead atoms. The lowest BCUT2D eigenvalue weighted by molar-refractivity contribution is -0.123. The van der Waals surface area contributed by atoms with Crippen LogP contribution in [0.3, 0.4) is 0 Å². The fourth-order valence-electron chi connectivity index (χ4n) is 2.93. The molecule has 0 aliphatic carbocycles. The molecule has 1 saturated heterocycles. The van der Waals surface area contributed by atoms with Gasteiger partial charge in [0.1, 0.15) is 0 Å². The first kappa shape index (κ1) is 15.2. The lowest BCUT2D eigenvalue weighted by Gasteiger charge is -2.34. The molecule has 4 nitrogen and oxygen atoms in total. The van der Waals surface area contributed by atoms with Crippen molar-refractivity contribution in [3.8, 4) is 0 Å². The highest BCUT2D eigenvalue weighted by molar-refractivity contribution is 7.09. The average Bonchev–Trinajstić information content (AvgIpc) is 3.08. The Kier molecular flexibility index (Phi) is 5.19. The summed E-state index contributed by atoms with van der Waals surface area (Å²) in [5, 5.41) is 5.04. The maximum atomic E-state index is 12.2. The standard InChI is InChI=1S/C17H21N3OS/c21-17(19-12-14-6-5-11-22-14)13-20-10-4-2-8-16(20)15-7-1-3-9-18-15/h1,3,5-7,9,11,16H,2,4,8,10,12-13H2,(H,19,21). The Morgan fingerprint density at radius 1 is 1.32 bits per heavy atom. The zero-order valence-electron chi connectivity index (χ0n) is 12.6. The Labute approximate surface area is 135 Å². The van der Waals surface area contributed by atoms with Crippen molar-refractivity contribution in [3.63, 3.8) is 0 Å². The normalized spacial score (nSPS) is 19.0. The fraction of sp³-hybridized carbons (Fsp3) is 0.412. The van der Waals surface area contributed by atoms with Crippen molar-refractivity contribution in [3.05, 3.63) is 52.5 Å². The molecule has 116 valence electrons. The number of pyridine rings is 1. The SMILES string of the molecule is O=C(CN1CCCCC1c1ccccn1)NCc1cccs1. The Morgan fingerprint density at radius 3 is 3.05 bits per heavy atom. The van der Waals surface area contributed by atoms with Gasteiger partial charge in [-0.15, -0.1) is 11.3 Å². The highest BCUT2D eigenvalue weighted by Gasteiger charge is 2.26. The van der Waals surface area contributed by atoms with Gasteiger partial charge >= 0.3 is 0 Å². The van der Waals surface area contributed by atoms with Gasteiger partial charge in [-0.3, -0.25) is 14.7 Å². The fourth-order valence-corrected chi connectivity index (χ4v) is 3.57. The number of hydrogen-bond acceptors (Lipinski definition) is 4. The predicted octanol–water partition coefficient (Wildman–Crippen LogP) is 2.99. The van der Waals surface area contributed by atoms with E-state index in [1.54, 1.807) is 11.3 Å². The topological polar surface area (TPSA) is 45.2 Å². The molecule has 1 N–H and O–H groups in total. The second kappa shape index (κ2) is 7.51. The van der Waals surface area contributed by atoms with Crippen LogP contribution in [-0.2, 0) is 11.3 Å². The Morgan fingerprint density at radius 2 is 2.27 bits per heavy atom. The molecule has 3 rings (SSSR count). The van der Waals surface area contributed by atoms with Crippen molar-refractivity contribution >= 4 is 17.2 Å². The van der Waals surface area contributed by atoms with E-state index in [-0.39, 0.29) is 11.9 Å². The van der Waals surface area contributed by atoms with Gasteiger partial charge in [-0.1, -0.05) is 18.6 Å². The molecule has 1 unspecified atom stereocenters. The van der Waals surface area contributed by atoms with Crippen molar-refractivity contribution in [2.75, 3.05) is 13.1 Å². The largest absolute Gasteiger partial charge is 0.350 e. The van der Waals surface area contributed by atoms with Crippen molar-refractivity contribution in [1.29, 1.82) is 0 Å². The maximum absolute atomic E-state index is 12.2. The van der Waals surface area contributed by atoms with E-state index in [4.69, 9.17) is 0 Å². The summed E-state index contributed by atoms with van der Waals surface area (Å²) in [6, 6.07) is 10.3. The molecule has 0 aromatic carbocycles. The second-order valence-electron chi connectivity index (χ2n) is 5.59. The minimum absolute atomic E-state index is 0.0937. The molecule has 0 spiro atoms. The summed E-state index contributed by atoms with van der Waals surface area (Å²) in [6.07, 6.45) is 5.27. The van der Waals surface area contributed by atoms with Gasteiger partial charge in [-0.05, 0) is 43.0 Å². The molecule has 5 heteroatoms. The number of carbonyl (C=O) groups excluding carboxylic acids is 1. The van der Waals surface area contributed by atoms with E-state index >= 15 is 0 Å². The number of nitrogens with one attached hydrogen (secondary N) is 1. The quantitative estimate of drug-likeness (QED) is 0.922. The number of rotatable bonds is 5. The first-order valence-corrected chi connectivity index (χ1v) is 8.65. The van der Waals surface area contributed by atoms with E-state index in [1.807, 2.05) is 35.8 Å². The molecule has 22 heavy (non-hydrogen) atoms. The van der Waals surface area contributed by atoms with E-state index in [0.29, 0.717) is 13.1 Å². The van der Waals surface area contributed by atoms with Gasteiger partial charge in [0.05, 0.1) is 24.8 Å². The Balaban J connectivity index is 1.58. The number of piperidine rings is 1. The number of nitrogens with zero attached hydrogens (tertiary/aromatic N) is 2. The van der Waals surface area contributed by atoms with Crippen LogP contribution >= 0.6 is 11.3 Å². The molecule has 1 fully saturated rings. The van der Waals surface area contributed by atoms with E-state index in [0.717, 1.165) is 25.1 Å². The number of carbonyl (C=O) groups is 1. The van der Waals surface area contributed by atoms with E-state index < -0.39 is 0 Å². The van der Waals surface area contributed by atoms with Crippen LogP contribution in [0.5, 0.6) is 0 Å². The van der Waals surface area contributed by atoms with Crippen LogP contribution < -0.4 is 5.32 Å². The van der Waals surface area contributed by atoms with Crippen LogP contribution in [0, 0.1) is 0 Å². The van der Waals surface area contributed by atoms with E-state index in [9.17, 15) is 4.79 Å². The van der Waals surface area contributed by atoms with Gasteiger partial charge < -0.3 is 5.32 Å². The minimum atomic E-state index is 0.0937. The van der Waals surface area contributed by atoms with Crippen LogP contribution in [0.1, 0.15) is 35.9 Å². The Hall–Kier alpha value is -1.72. The molecule has 2 aromatic rings. The smallest absolute Gasteiger partial charge is 0.234 e. The number of thiophene rings is 1. The van der Waals surface area contributed by atoms with Crippen LogP contribution in [0.4, 0.5) is 0 Å². The third-order valence-electron chi connectivity index (χ3n) is 4.03. The highest BCUT2D eigenvalue weighted by Crippen LogP contribution is 2.29. The third kappa shape index (κ3) is 3.93. The number of amides is 1. The van der Waals surface area contributed by atoms with Gasteiger partial charge in [-0.25, -0.2) is 0 Å². The maximum Gasteiger partial charge on any atom is 0.234 e. The molecule has 3 heterocycles. The van der Waals surface area contributed by atoms with E-state index in [2.05, 4.69) is 21.3 Å². The lowest BCUT2D eigenvalue weighted by Crippen LogP contribution is -2.41. The highest BCUT2D eigenvalue weighted by atomic mass is 32.1.